The monoisotopic (exact) mass is 267 g/mol. The summed E-state index contributed by atoms with van der Waals surface area (Å²) < 4.78 is 0. The maximum atomic E-state index is 11.1. The fraction of sp³-hybridized carbons (Fsp3) is 0.714. The number of carboxylic acid groups (broad SMARTS) is 1. The van der Waals surface area contributed by atoms with E-state index in [9.17, 15) is 19.8 Å². The highest BCUT2D eigenvalue weighted by Crippen LogP contribution is 2.31. The van der Waals surface area contributed by atoms with E-state index in [2.05, 4.69) is 15.9 Å². The van der Waals surface area contributed by atoms with Crippen LogP contribution in [0.5, 0.6) is 0 Å². The van der Waals surface area contributed by atoms with E-state index in [1.165, 1.54) is 0 Å². The summed E-state index contributed by atoms with van der Waals surface area (Å²) in [5.74, 6) is -2.84. The van der Waals surface area contributed by atoms with E-state index in [1.54, 1.807) is 0 Å². The first kappa shape index (κ1) is 11.6. The van der Waals surface area contributed by atoms with Gasteiger partial charge < -0.3 is 25.2 Å². The second-order valence-electron chi connectivity index (χ2n) is 3.19. The molecule has 0 heterocycles. The minimum Gasteiger partial charge on any atom is -0.547 e. The summed E-state index contributed by atoms with van der Waals surface area (Å²) >= 11 is 2.65. The second-order valence-corrected chi connectivity index (χ2v) is 4.11. The number of carbonyl (C=O) groups excluding carboxylic acids is 2. The van der Waals surface area contributed by atoms with Gasteiger partial charge in [-0.15, -0.1) is 0 Å². The van der Waals surface area contributed by atoms with Crippen LogP contribution in [0.4, 0.5) is 0 Å². The fourth-order valence-electron chi connectivity index (χ4n) is 1.30. The first-order valence-electron chi connectivity index (χ1n) is 3.78. The normalized spacial score (nSPS) is 43.7. The molecule has 0 spiro atoms. The molecule has 1 aliphatic rings. The molecular formula is C7H8BrO6-. The van der Waals surface area contributed by atoms with Crippen LogP contribution in [0, 0.1) is 0 Å². The summed E-state index contributed by atoms with van der Waals surface area (Å²) in [4.78, 5) is 20.2. The molecule has 0 aliphatic heterocycles. The van der Waals surface area contributed by atoms with Gasteiger partial charge in [0.15, 0.2) is 5.78 Å². The van der Waals surface area contributed by atoms with E-state index in [4.69, 9.17) is 10.2 Å². The van der Waals surface area contributed by atoms with Crippen molar-refractivity contribution in [2.45, 2.75) is 29.1 Å². The fourth-order valence-corrected chi connectivity index (χ4v) is 1.94. The second kappa shape index (κ2) is 3.58. The topological polar surface area (TPSA) is 118 Å². The Kier molecular flexibility index (Phi) is 2.96. The van der Waals surface area contributed by atoms with Crippen molar-refractivity contribution < 1.29 is 30.0 Å². The minimum absolute atomic E-state index is 0.655. The maximum absolute atomic E-state index is 11.1. The summed E-state index contributed by atoms with van der Waals surface area (Å²) in [5.41, 5.74) is -2.48. The SMILES string of the molecule is O=C1C(O)C(O)CC(O)(C(=O)[O-])C1Br. The van der Waals surface area contributed by atoms with Gasteiger partial charge in [0.1, 0.15) is 16.5 Å². The summed E-state index contributed by atoms with van der Waals surface area (Å²) in [5, 5.41) is 38.2. The van der Waals surface area contributed by atoms with Gasteiger partial charge in [0.25, 0.3) is 0 Å². The van der Waals surface area contributed by atoms with Crippen molar-refractivity contribution in [3.05, 3.63) is 0 Å². The van der Waals surface area contributed by atoms with E-state index in [0.29, 0.717) is 0 Å². The zero-order valence-corrected chi connectivity index (χ0v) is 8.47. The highest BCUT2D eigenvalue weighted by molar-refractivity contribution is 9.10. The Bertz CT molecular complexity index is 279. The number of hydrogen-bond donors (Lipinski definition) is 3. The molecule has 6 nitrogen and oxygen atoms in total. The van der Waals surface area contributed by atoms with Crippen LogP contribution in [-0.4, -0.2) is 49.7 Å². The molecule has 80 valence electrons. The van der Waals surface area contributed by atoms with Crippen molar-refractivity contribution in [3.8, 4) is 0 Å². The van der Waals surface area contributed by atoms with Crippen LogP contribution in [0.2, 0.25) is 0 Å². The standard InChI is InChI=1S/C7H9BrO6/c8-5-4(11)3(10)2(9)1-7(5,14)6(12)13/h2-3,5,9-10,14H,1H2,(H,12,13)/p-1. The lowest BCUT2D eigenvalue weighted by molar-refractivity contribution is -0.327. The molecule has 14 heavy (non-hydrogen) atoms. The number of aliphatic hydroxyl groups excluding tert-OH is 2. The van der Waals surface area contributed by atoms with Crippen molar-refractivity contribution in [3.63, 3.8) is 0 Å². The van der Waals surface area contributed by atoms with Crippen LogP contribution in [0.3, 0.4) is 0 Å². The summed E-state index contributed by atoms with van der Waals surface area (Å²) in [6.45, 7) is 0. The number of carbonyl (C=O) groups is 2. The van der Waals surface area contributed by atoms with Crippen LogP contribution in [0.15, 0.2) is 0 Å². The maximum Gasteiger partial charge on any atom is 0.180 e. The zero-order chi connectivity index (χ0) is 11.1. The largest absolute Gasteiger partial charge is 0.547 e. The van der Waals surface area contributed by atoms with Gasteiger partial charge in [0.05, 0.1) is 12.1 Å². The Morgan fingerprint density at radius 2 is 2.07 bits per heavy atom. The van der Waals surface area contributed by atoms with Crippen LogP contribution in [0.25, 0.3) is 0 Å². The first-order chi connectivity index (χ1) is 6.30. The summed E-state index contributed by atoms with van der Waals surface area (Å²) in [6, 6.07) is 0. The Morgan fingerprint density at radius 3 is 2.50 bits per heavy atom. The van der Waals surface area contributed by atoms with E-state index < -0.39 is 40.8 Å². The van der Waals surface area contributed by atoms with Gasteiger partial charge in [-0.25, -0.2) is 0 Å². The number of Topliss-reactive ketones (excluding diaryl/α,β-unsaturated/α-hetero) is 1. The smallest absolute Gasteiger partial charge is 0.180 e. The van der Waals surface area contributed by atoms with E-state index in [-0.39, 0.29) is 0 Å². The van der Waals surface area contributed by atoms with Crippen molar-refractivity contribution in [1.82, 2.24) is 0 Å². The summed E-state index contributed by atoms with van der Waals surface area (Å²) in [7, 11) is 0. The third-order valence-electron chi connectivity index (χ3n) is 2.20. The van der Waals surface area contributed by atoms with E-state index in [1.807, 2.05) is 0 Å². The molecule has 1 fully saturated rings. The predicted octanol–water partition coefficient (Wildman–Crippen LogP) is -3.07. The van der Waals surface area contributed by atoms with E-state index in [0.717, 1.165) is 0 Å². The third kappa shape index (κ3) is 1.56. The number of carboxylic acids is 1. The number of aliphatic carboxylic acids is 1. The molecule has 3 N–H and O–H groups in total. The van der Waals surface area contributed by atoms with Gasteiger partial charge in [-0.2, -0.15) is 0 Å². The van der Waals surface area contributed by atoms with Crippen LogP contribution in [0.1, 0.15) is 6.42 Å². The van der Waals surface area contributed by atoms with Crippen LogP contribution >= 0.6 is 15.9 Å². The molecule has 0 saturated heterocycles. The van der Waals surface area contributed by atoms with Gasteiger partial charge in [0.2, 0.25) is 0 Å². The molecular weight excluding hydrogens is 260 g/mol. The zero-order valence-electron chi connectivity index (χ0n) is 6.88. The number of alkyl halides is 1. The number of ketones is 1. The molecule has 0 aromatic rings. The summed E-state index contributed by atoms with van der Waals surface area (Å²) in [6.07, 6.45) is -3.93. The molecule has 0 amide bonds. The molecule has 4 atom stereocenters. The van der Waals surface area contributed by atoms with E-state index >= 15 is 0 Å². The van der Waals surface area contributed by atoms with Crippen LogP contribution in [-0.2, 0) is 9.59 Å². The number of rotatable bonds is 1. The number of hydrogen-bond acceptors (Lipinski definition) is 6. The average Bonchev–Trinajstić information content (AvgIpc) is 2.11. The first-order valence-corrected chi connectivity index (χ1v) is 4.70. The van der Waals surface area contributed by atoms with Crippen molar-refractivity contribution >= 4 is 27.7 Å². The number of halogens is 1. The molecule has 0 bridgehead atoms. The molecule has 1 aliphatic carbocycles. The van der Waals surface area contributed by atoms with Gasteiger partial charge in [-0.1, -0.05) is 15.9 Å². The predicted molar refractivity (Wildman–Crippen MR) is 44.3 cm³/mol. The molecule has 0 radical (unpaired) electrons. The Morgan fingerprint density at radius 1 is 1.57 bits per heavy atom. The molecule has 1 rings (SSSR count). The van der Waals surface area contributed by atoms with Crippen molar-refractivity contribution in [1.29, 1.82) is 0 Å². The lowest BCUT2D eigenvalue weighted by Crippen LogP contribution is -2.65. The molecule has 4 unspecified atom stereocenters. The van der Waals surface area contributed by atoms with Crippen LogP contribution < -0.4 is 5.11 Å². The van der Waals surface area contributed by atoms with Crippen molar-refractivity contribution in [2.75, 3.05) is 0 Å². The van der Waals surface area contributed by atoms with Gasteiger partial charge in [0, 0.05) is 6.42 Å². The van der Waals surface area contributed by atoms with Gasteiger partial charge >= 0.3 is 0 Å². The number of aliphatic hydroxyl groups is 3. The van der Waals surface area contributed by atoms with Gasteiger partial charge in [-0.3, -0.25) is 4.79 Å². The van der Waals surface area contributed by atoms with Gasteiger partial charge in [-0.05, 0) is 0 Å². The van der Waals surface area contributed by atoms with Crippen molar-refractivity contribution in [2.24, 2.45) is 0 Å². The molecule has 1 saturated carbocycles. The molecule has 0 aromatic heterocycles. The highest BCUT2D eigenvalue weighted by Gasteiger charge is 2.51. The Labute approximate surface area is 87.3 Å². The molecule has 0 aromatic carbocycles. The lowest BCUT2D eigenvalue weighted by Gasteiger charge is -2.40. The third-order valence-corrected chi connectivity index (χ3v) is 3.41. The Balaban J connectivity index is 3.02. The minimum atomic E-state index is -2.48. The lowest BCUT2D eigenvalue weighted by atomic mass is 9.80. The quantitative estimate of drug-likeness (QED) is 0.434. The molecule has 7 heteroatoms. The average molecular weight is 268 g/mol. The highest BCUT2D eigenvalue weighted by atomic mass is 79.9. The Hall–Kier alpha value is -0.500.